The number of esters is 1. The highest BCUT2D eigenvalue weighted by Crippen LogP contribution is 2.11. The number of quaternary nitrogens is 1. The first kappa shape index (κ1) is 16.2. The van der Waals surface area contributed by atoms with Gasteiger partial charge in [-0.2, -0.15) is 0 Å². The summed E-state index contributed by atoms with van der Waals surface area (Å²) in [4.78, 5) is 11.1. The molecular formula is C14H28NO2+. The zero-order chi connectivity index (χ0) is 13.5. The molecule has 0 aromatic heterocycles. The lowest BCUT2D eigenvalue weighted by atomic mass is 10.1. The largest absolute Gasteiger partial charge is 0.462 e. The quantitative estimate of drug-likeness (QED) is 0.283. The fourth-order valence-corrected chi connectivity index (χ4v) is 1.39. The number of carbonyl (C=O) groups excluding carboxylic acids is 1. The lowest BCUT2D eigenvalue weighted by molar-refractivity contribution is -0.894. The monoisotopic (exact) mass is 242 g/mol. The molecule has 0 aliphatic heterocycles. The minimum Gasteiger partial charge on any atom is -0.462 e. The maximum atomic E-state index is 11.1. The maximum Gasteiger partial charge on any atom is 0.333 e. The maximum absolute atomic E-state index is 11.1. The van der Waals surface area contributed by atoms with Crippen LogP contribution in [0.5, 0.6) is 0 Å². The molecule has 0 aliphatic rings. The summed E-state index contributed by atoms with van der Waals surface area (Å²) < 4.78 is 6.04. The molecule has 0 N–H and O–H groups in total. The predicted molar refractivity (Wildman–Crippen MR) is 71.7 cm³/mol. The van der Waals surface area contributed by atoms with Crippen LogP contribution < -0.4 is 0 Å². The van der Waals surface area contributed by atoms with Crippen LogP contribution in [0.15, 0.2) is 12.2 Å². The molecule has 100 valence electrons. The van der Waals surface area contributed by atoms with Crippen molar-refractivity contribution in [3.63, 3.8) is 0 Å². The van der Waals surface area contributed by atoms with Crippen molar-refractivity contribution in [2.45, 2.75) is 45.6 Å². The summed E-state index contributed by atoms with van der Waals surface area (Å²) in [5.41, 5.74) is 0.476. The molecular weight excluding hydrogens is 214 g/mol. The summed E-state index contributed by atoms with van der Waals surface area (Å²) in [6.45, 7) is 8.01. The van der Waals surface area contributed by atoms with Crippen molar-refractivity contribution < 1.29 is 14.0 Å². The second-order valence-corrected chi connectivity index (χ2v) is 5.73. The molecule has 0 saturated carbocycles. The molecule has 0 bridgehead atoms. The standard InChI is InChI=1S/C14H28NO2/c1-12(2)14(16)17-11-9-7-8-10-13(3)15(4,5)6/h13H,1,7-11H2,2-6H3/q+1. The smallest absolute Gasteiger partial charge is 0.333 e. The second-order valence-electron chi connectivity index (χ2n) is 5.73. The second kappa shape index (κ2) is 7.49. The third kappa shape index (κ3) is 7.97. The van der Waals surface area contributed by atoms with Crippen LogP contribution in [0.4, 0.5) is 0 Å². The summed E-state index contributed by atoms with van der Waals surface area (Å²) in [5.74, 6) is -0.273. The Kier molecular flexibility index (Phi) is 7.12. The number of ether oxygens (including phenoxy) is 1. The molecule has 0 radical (unpaired) electrons. The van der Waals surface area contributed by atoms with Gasteiger partial charge in [0.2, 0.25) is 0 Å². The number of unbranched alkanes of at least 4 members (excludes halogenated alkanes) is 2. The van der Waals surface area contributed by atoms with E-state index >= 15 is 0 Å². The van der Waals surface area contributed by atoms with Crippen molar-refractivity contribution in [3.8, 4) is 0 Å². The lowest BCUT2D eigenvalue weighted by Gasteiger charge is -2.31. The Morgan fingerprint density at radius 2 is 1.82 bits per heavy atom. The highest BCUT2D eigenvalue weighted by atomic mass is 16.5. The molecule has 0 heterocycles. The zero-order valence-electron chi connectivity index (χ0n) is 12.1. The molecule has 0 aromatic rings. The van der Waals surface area contributed by atoms with Gasteiger partial charge in [-0.05, 0) is 39.5 Å². The Morgan fingerprint density at radius 1 is 1.24 bits per heavy atom. The molecule has 3 nitrogen and oxygen atoms in total. The fraction of sp³-hybridized carbons (Fsp3) is 0.786. The van der Waals surface area contributed by atoms with E-state index in [0.29, 0.717) is 18.2 Å². The molecule has 0 saturated heterocycles. The highest BCUT2D eigenvalue weighted by molar-refractivity contribution is 5.86. The number of hydrogen-bond acceptors (Lipinski definition) is 2. The molecule has 3 heteroatoms. The van der Waals surface area contributed by atoms with Gasteiger partial charge >= 0.3 is 5.97 Å². The van der Waals surface area contributed by atoms with E-state index in [4.69, 9.17) is 4.74 Å². The fourth-order valence-electron chi connectivity index (χ4n) is 1.39. The van der Waals surface area contributed by atoms with Gasteiger partial charge in [0.25, 0.3) is 0 Å². The van der Waals surface area contributed by atoms with Crippen LogP contribution in [0.1, 0.15) is 39.5 Å². The molecule has 0 aliphatic carbocycles. The number of nitrogens with zero attached hydrogens (tertiary/aromatic N) is 1. The SMILES string of the molecule is C=C(C)C(=O)OCCCCCC(C)[N+](C)(C)C. The Bertz CT molecular complexity index is 253. The minimum absolute atomic E-state index is 0.273. The van der Waals surface area contributed by atoms with Crippen LogP contribution in [-0.4, -0.2) is 44.2 Å². The van der Waals surface area contributed by atoms with Gasteiger partial charge in [0.1, 0.15) is 0 Å². The number of hydrogen-bond donors (Lipinski definition) is 0. The lowest BCUT2D eigenvalue weighted by Crippen LogP contribution is -2.43. The van der Waals surface area contributed by atoms with Crippen molar-refractivity contribution in [3.05, 3.63) is 12.2 Å². The van der Waals surface area contributed by atoms with E-state index in [-0.39, 0.29) is 5.97 Å². The molecule has 0 fully saturated rings. The first-order valence-electron chi connectivity index (χ1n) is 6.39. The summed E-state index contributed by atoms with van der Waals surface area (Å²) in [7, 11) is 6.66. The van der Waals surface area contributed by atoms with Gasteiger partial charge in [-0.15, -0.1) is 0 Å². The van der Waals surface area contributed by atoms with Crippen LogP contribution in [-0.2, 0) is 9.53 Å². The zero-order valence-corrected chi connectivity index (χ0v) is 12.1. The summed E-state index contributed by atoms with van der Waals surface area (Å²) in [6.07, 6.45) is 4.48. The molecule has 0 amide bonds. The Balaban J connectivity index is 3.48. The van der Waals surface area contributed by atoms with E-state index in [1.807, 2.05) is 0 Å². The van der Waals surface area contributed by atoms with Crippen molar-refractivity contribution in [2.24, 2.45) is 0 Å². The van der Waals surface area contributed by atoms with Gasteiger partial charge in [0, 0.05) is 5.57 Å². The van der Waals surface area contributed by atoms with E-state index < -0.39 is 0 Å². The minimum atomic E-state index is -0.273. The molecule has 17 heavy (non-hydrogen) atoms. The van der Waals surface area contributed by atoms with Gasteiger partial charge in [0.05, 0.1) is 33.8 Å². The summed E-state index contributed by atoms with van der Waals surface area (Å²) in [6, 6.07) is 0.674. The van der Waals surface area contributed by atoms with Gasteiger partial charge in [0.15, 0.2) is 0 Å². The molecule has 0 rings (SSSR count). The van der Waals surface area contributed by atoms with Crippen molar-refractivity contribution >= 4 is 5.97 Å². The van der Waals surface area contributed by atoms with E-state index in [2.05, 4.69) is 34.6 Å². The van der Waals surface area contributed by atoms with Crippen LogP contribution in [0.3, 0.4) is 0 Å². The molecule has 0 aromatic carbocycles. The van der Waals surface area contributed by atoms with Gasteiger partial charge in [-0.3, -0.25) is 0 Å². The van der Waals surface area contributed by atoms with Crippen LogP contribution in [0.25, 0.3) is 0 Å². The van der Waals surface area contributed by atoms with E-state index in [9.17, 15) is 4.79 Å². The Labute approximate surface area is 106 Å². The molecule has 1 unspecified atom stereocenters. The molecule has 1 atom stereocenters. The Morgan fingerprint density at radius 3 is 2.29 bits per heavy atom. The number of rotatable bonds is 8. The first-order chi connectivity index (χ1) is 7.75. The van der Waals surface area contributed by atoms with Gasteiger partial charge in [-0.1, -0.05) is 6.58 Å². The molecule has 0 spiro atoms. The third-order valence-corrected chi connectivity index (χ3v) is 3.17. The Hall–Kier alpha value is -0.830. The van der Waals surface area contributed by atoms with Crippen molar-refractivity contribution in [2.75, 3.05) is 27.7 Å². The van der Waals surface area contributed by atoms with Crippen LogP contribution in [0, 0.1) is 0 Å². The third-order valence-electron chi connectivity index (χ3n) is 3.17. The van der Waals surface area contributed by atoms with E-state index in [1.54, 1.807) is 6.92 Å². The highest BCUT2D eigenvalue weighted by Gasteiger charge is 2.16. The average molecular weight is 242 g/mol. The predicted octanol–water partition coefficient (Wildman–Crippen LogP) is 2.76. The number of carbonyl (C=O) groups is 1. The van der Waals surface area contributed by atoms with Crippen LogP contribution >= 0.6 is 0 Å². The summed E-state index contributed by atoms with van der Waals surface area (Å²) >= 11 is 0. The van der Waals surface area contributed by atoms with Crippen LogP contribution in [0.2, 0.25) is 0 Å². The van der Waals surface area contributed by atoms with Crippen molar-refractivity contribution in [1.82, 2.24) is 0 Å². The normalized spacial score (nSPS) is 13.2. The van der Waals surface area contributed by atoms with Gasteiger partial charge in [-0.25, -0.2) is 4.79 Å². The topological polar surface area (TPSA) is 26.3 Å². The van der Waals surface area contributed by atoms with E-state index in [0.717, 1.165) is 17.3 Å². The van der Waals surface area contributed by atoms with Gasteiger partial charge < -0.3 is 9.22 Å². The summed E-state index contributed by atoms with van der Waals surface area (Å²) in [5, 5.41) is 0. The average Bonchev–Trinajstić information content (AvgIpc) is 2.20. The van der Waals surface area contributed by atoms with Crippen molar-refractivity contribution in [1.29, 1.82) is 0 Å². The van der Waals surface area contributed by atoms with E-state index in [1.165, 1.54) is 12.8 Å². The first-order valence-corrected chi connectivity index (χ1v) is 6.39.